The molecule has 0 heterocycles. The number of rotatable bonds is 2. The van der Waals surface area contributed by atoms with E-state index in [0.29, 0.717) is 6.54 Å². The molecule has 3 N–H and O–H groups in total. The molecule has 0 saturated heterocycles. The van der Waals surface area contributed by atoms with Crippen molar-refractivity contribution in [3.63, 3.8) is 0 Å². The Hall–Kier alpha value is -1.77. The smallest absolute Gasteiger partial charge is 0.312 e. The van der Waals surface area contributed by atoms with Gasteiger partial charge in [0.05, 0.1) is 0 Å². The summed E-state index contributed by atoms with van der Waals surface area (Å²) in [6, 6.07) is 7.81. The molecule has 2 rings (SSSR count). The molecule has 3 heteroatoms. The second-order valence-electron chi connectivity index (χ2n) is 3.64. The number of nitrogens with two attached hydrogens (primary N) is 1. The molecular weight excluding hydrogens is 188 g/mol. The van der Waals surface area contributed by atoms with E-state index < -0.39 is 6.03 Å². The van der Waals surface area contributed by atoms with Crippen LogP contribution in [-0.2, 0) is 6.42 Å². The Labute approximate surface area is 89.0 Å². The van der Waals surface area contributed by atoms with Crippen LogP contribution in [0.25, 0.3) is 5.57 Å². The highest BCUT2D eigenvalue weighted by Crippen LogP contribution is 2.25. The van der Waals surface area contributed by atoms with Crippen LogP contribution in [0.1, 0.15) is 17.5 Å². The van der Waals surface area contributed by atoms with Gasteiger partial charge in [-0.3, -0.25) is 0 Å². The van der Waals surface area contributed by atoms with Gasteiger partial charge >= 0.3 is 6.03 Å². The van der Waals surface area contributed by atoms with Crippen molar-refractivity contribution in [2.24, 2.45) is 5.73 Å². The Bertz CT molecular complexity index is 410. The second kappa shape index (κ2) is 4.17. The van der Waals surface area contributed by atoms with Gasteiger partial charge in [-0.1, -0.05) is 30.3 Å². The van der Waals surface area contributed by atoms with Crippen LogP contribution in [0.5, 0.6) is 0 Å². The van der Waals surface area contributed by atoms with Gasteiger partial charge in [0, 0.05) is 6.54 Å². The van der Waals surface area contributed by atoms with Crippen molar-refractivity contribution in [2.75, 3.05) is 6.54 Å². The molecule has 1 aliphatic carbocycles. The lowest BCUT2D eigenvalue weighted by Crippen LogP contribution is -2.31. The molecule has 3 nitrogen and oxygen atoms in total. The maximum Gasteiger partial charge on any atom is 0.312 e. The number of nitrogens with one attached hydrogen (secondary N) is 1. The number of hydrogen-bond acceptors (Lipinski definition) is 1. The van der Waals surface area contributed by atoms with Crippen LogP contribution in [0, 0.1) is 0 Å². The fourth-order valence-corrected chi connectivity index (χ4v) is 1.91. The van der Waals surface area contributed by atoms with Crippen LogP contribution in [0.15, 0.2) is 30.3 Å². The van der Waals surface area contributed by atoms with Crippen LogP contribution in [0.4, 0.5) is 4.79 Å². The summed E-state index contributed by atoms with van der Waals surface area (Å²) in [6.45, 7) is 0.520. The quantitative estimate of drug-likeness (QED) is 0.753. The first-order valence-corrected chi connectivity index (χ1v) is 5.08. The number of benzene rings is 1. The molecule has 0 atom stereocenters. The van der Waals surface area contributed by atoms with Crippen LogP contribution >= 0.6 is 0 Å². The third kappa shape index (κ3) is 2.18. The number of aryl methyl sites for hydroxylation is 1. The van der Waals surface area contributed by atoms with Gasteiger partial charge in [-0.25, -0.2) is 4.79 Å². The number of urea groups is 1. The SMILES string of the molecule is NC(=O)NCC1=CCCc2ccccc21. The standard InChI is InChI=1S/C12H14N2O/c13-12(15)14-8-10-6-3-5-9-4-1-2-7-11(9)10/h1-2,4,6-7H,3,5,8H2,(H3,13,14,15). The number of carbonyl (C=O) groups is 1. The third-order valence-electron chi connectivity index (χ3n) is 2.62. The molecule has 0 bridgehead atoms. The van der Waals surface area contributed by atoms with E-state index >= 15 is 0 Å². The van der Waals surface area contributed by atoms with E-state index in [0.717, 1.165) is 18.4 Å². The molecule has 0 aromatic heterocycles. The highest BCUT2D eigenvalue weighted by molar-refractivity contribution is 5.77. The zero-order valence-corrected chi connectivity index (χ0v) is 8.49. The monoisotopic (exact) mass is 202 g/mol. The number of hydrogen-bond donors (Lipinski definition) is 2. The van der Waals surface area contributed by atoms with Crippen molar-refractivity contribution in [3.8, 4) is 0 Å². The van der Waals surface area contributed by atoms with Crippen molar-refractivity contribution in [3.05, 3.63) is 41.5 Å². The second-order valence-corrected chi connectivity index (χ2v) is 3.64. The zero-order chi connectivity index (χ0) is 10.7. The lowest BCUT2D eigenvalue weighted by molar-refractivity contribution is 0.250. The van der Waals surface area contributed by atoms with Gasteiger partial charge in [0.1, 0.15) is 0 Å². The minimum Gasteiger partial charge on any atom is -0.352 e. The Morgan fingerprint density at radius 3 is 3.00 bits per heavy atom. The number of allylic oxidation sites excluding steroid dienone is 1. The summed E-state index contributed by atoms with van der Waals surface area (Å²) in [5, 5.41) is 2.63. The third-order valence-corrected chi connectivity index (χ3v) is 2.62. The zero-order valence-electron chi connectivity index (χ0n) is 8.49. The van der Waals surface area contributed by atoms with Gasteiger partial charge < -0.3 is 11.1 Å². The molecule has 0 unspecified atom stereocenters. The molecule has 0 aliphatic heterocycles. The lowest BCUT2D eigenvalue weighted by Gasteiger charge is -2.17. The molecule has 0 spiro atoms. The number of fused-ring (bicyclic) bond motifs is 1. The maximum absolute atomic E-state index is 10.6. The summed E-state index contributed by atoms with van der Waals surface area (Å²) in [7, 11) is 0. The summed E-state index contributed by atoms with van der Waals surface area (Å²) < 4.78 is 0. The van der Waals surface area contributed by atoms with Gasteiger partial charge in [-0.05, 0) is 29.5 Å². The molecule has 2 amide bonds. The topological polar surface area (TPSA) is 55.1 Å². The summed E-state index contributed by atoms with van der Waals surface area (Å²) >= 11 is 0. The normalized spacial score (nSPS) is 14.0. The van der Waals surface area contributed by atoms with E-state index in [1.165, 1.54) is 11.1 Å². The van der Waals surface area contributed by atoms with Crippen molar-refractivity contribution < 1.29 is 4.79 Å². The van der Waals surface area contributed by atoms with Gasteiger partial charge in [-0.15, -0.1) is 0 Å². The minimum absolute atomic E-state index is 0.473. The molecule has 15 heavy (non-hydrogen) atoms. The first-order valence-electron chi connectivity index (χ1n) is 5.08. The van der Waals surface area contributed by atoms with Crippen LogP contribution in [0.2, 0.25) is 0 Å². The highest BCUT2D eigenvalue weighted by atomic mass is 16.2. The molecular formula is C12H14N2O. The molecule has 0 fully saturated rings. The van der Waals surface area contributed by atoms with Gasteiger partial charge in [0.2, 0.25) is 0 Å². The van der Waals surface area contributed by atoms with Crippen LogP contribution in [-0.4, -0.2) is 12.6 Å². The average Bonchev–Trinajstić information content (AvgIpc) is 2.26. The van der Waals surface area contributed by atoms with E-state index in [4.69, 9.17) is 5.73 Å². The van der Waals surface area contributed by atoms with E-state index in [1.54, 1.807) is 0 Å². The van der Waals surface area contributed by atoms with E-state index in [1.807, 2.05) is 12.1 Å². The Balaban J connectivity index is 2.19. The van der Waals surface area contributed by atoms with E-state index in [9.17, 15) is 4.79 Å². The predicted octanol–water partition coefficient (Wildman–Crippen LogP) is 1.68. The van der Waals surface area contributed by atoms with Crippen LogP contribution in [0.3, 0.4) is 0 Å². The molecule has 1 aromatic carbocycles. The van der Waals surface area contributed by atoms with Gasteiger partial charge in [0.15, 0.2) is 0 Å². The largest absolute Gasteiger partial charge is 0.352 e. The molecule has 0 radical (unpaired) electrons. The molecule has 78 valence electrons. The van der Waals surface area contributed by atoms with Crippen molar-refractivity contribution >= 4 is 11.6 Å². The summed E-state index contributed by atoms with van der Waals surface area (Å²) in [5.74, 6) is 0. The summed E-state index contributed by atoms with van der Waals surface area (Å²) in [5.41, 5.74) is 8.80. The Morgan fingerprint density at radius 2 is 2.20 bits per heavy atom. The minimum atomic E-state index is -0.473. The van der Waals surface area contributed by atoms with Gasteiger partial charge in [-0.2, -0.15) is 0 Å². The molecule has 0 saturated carbocycles. The Kier molecular flexibility index (Phi) is 2.72. The predicted molar refractivity (Wildman–Crippen MR) is 60.3 cm³/mol. The lowest BCUT2D eigenvalue weighted by atomic mass is 9.91. The average molecular weight is 202 g/mol. The van der Waals surface area contributed by atoms with Crippen molar-refractivity contribution in [1.29, 1.82) is 0 Å². The van der Waals surface area contributed by atoms with Gasteiger partial charge in [0.25, 0.3) is 0 Å². The number of carbonyl (C=O) groups excluding carboxylic acids is 1. The Morgan fingerprint density at radius 1 is 1.40 bits per heavy atom. The molecule has 1 aliphatic rings. The fourth-order valence-electron chi connectivity index (χ4n) is 1.91. The van der Waals surface area contributed by atoms with Crippen LogP contribution < -0.4 is 11.1 Å². The summed E-state index contributed by atoms with van der Waals surface area (Å²) in [6.07, 6.45) is 4.28. The fraction of sp³-hybridized carbons (Fsp3) is 0.250. The maximum atomic E-state index is 10.6. The highest BCUT2D eigenvalue weighted by Gasteiger charge is 2.11. The summed E-state index contributed by atoms with van der Waals surface area (Å²) in [4.78, 5) is 10.6. The first-order chi connectivity index (χ1) is 7.27. The van der Waals surface area contributed by atoms with E-state index in [-0.39, 0.29) is 0 Å². The number of primary amides is 1. The van der Waals surface area contributed by atoms with Crippen molar-refractivity contribution in [2.45, 2.75) is 12.8 Å². The number of amides is 2. The molecule has 1 aromatic rings. The van der Waals surface area contributed by atoms with E-state index in [2.05, 4.69) is 23.5 Å². The first kappa shape index (κ1) is 9.77. The van der Waals surface area contributed by atoms with Crippen molar-refractivity contribution in [1.82, 2.24) is 5.32 Å².